The highest BCUT2D eigenvalue weighted by molar-refractivity contribution is 6.16. The van der Waals surface area contributed by atoms with Crippen molar-refractivity contribution in [3.8, 4) is 11.5 Å². The Bertz CT molecular complexity index is 1120. The molecule has 1 aliphatic heterocycles. The molecular weight excluding hydrogens is 424 g/mol. The lowest BCUT2D eigenvalue weighted by atomic mass is 10.0. The quantitative estimate of drug-likeness (QED) is 0.489. The molecule has 1 N–H and O–H groups in total. The first-order valence-electron chi connectivity index (χ1n) is 10.4. The van der Waals surface area contributed by atoms with Crippen LogP contribution in [-0.2, 0) is 19.1 Å². The van der Waals surface area contributed by atoms with Gasteiger partial charge in [0.05, 0.1) is 31.1 Å². The summed E-state index contributed by atoms with van der Waals surface area (Å²) in [6.07, 6.45) is 1.64. The number of hydrogen-bond donors (Lipinski definition) is 1. The molecule has 0 unspecified atom stereocenters. The molecule has 2 aromatic carbocycles. The number of benzene rings is 2. The van der Waals surface area contributed by atoms with Gasteiger partial charge < -0.3 is 24.4 Å². The number of nitrogens with zero attached hydrogens (tertiary/aromatic N) is 1. The minimum Gasteiger partial charge on any atom is -0.495 e. The molecule has 1 aliphatic rings. The zero-order valence-corrected chi connectivity index (χ0v) is 19.0. The summed E-state index contributed by atoms with van der Waals surface area (Å²) in [5, 5.41) is 2.74. The summed E-state index contributed by atoms with van der Waals surface area (Å²) in [5.41, 5.74) is 2.38. The maximum absolute atomic E-state index is 12.8. The smallest absolute Gasteiger partial charge is 0.340 e. The summed E-state index contributed by atoms with van der Waals surface area (Å²) in [7, 11) is 2.82. The summed E-state index contributed by atoms with van der Waals surface area (Å²) >= 11 is 0. The molecule has 2 aromatic rings. The van der Waals surface area contributed by atoms with Gasteiger partial charge in [0, 0.05) is 12.2 Å². The number of likely N-dealkylation sites (N-methyl/N-ethyl adjacent to an activating group) is 1. The van der Waals surface area contributed by atoms with Crippen LogP contribution >= 0.6 is 0 Å². The Kier molecular flexibility index (Phi) is 7.50. The number of carbonyl (C=O) groups excluding carboxylic acids is 3. The molecule has 0 bridgehead atoms. The number of esters is 1. The van der Waals surface area contributed by atoms with Crippen molar-refractivity contribution in [3.63, 3.8) is 0 Å². The average molecular weight is 450 g/mol. The standard InChI is InChI=1S/C25H26N2O6/c1-5-27-16(2)23(25(30)32-4)19(24(27)29)14-17-10-12-18(13-11-17)33-15-22(28)26-20-8-6-7-9-21(20)31-3/h6-14H,5,15H2,1-4H3,(H,26,28)/b19-14-. The molecule has 1 heterocycles. The van der Waals surface area contributed by atoms with Gasteiger partial charge in [0.15, 0.2) is 6.61 Å². The Morgan fingerprint density at radius 1 is 1.06 bits per heavy atom. The highest BCUT2D eigenvalue weighted by Crippen LogP contribution is 2.31. The number of nitrogens with one attached hydrogen (secondary N) is 1. The van der Waals surface area contributed by atoms with Crippen molar-refractivity contribution in [2.75, 3.05) is 32.7 Å². The summed E-state index contributed by atoms with van der Waals surface area (Å²) < 4.78 is 15.6. The maximum Gasteiger partial charge on any atom is 0.340 e. The first kappa shape index (κ1) is 23.6. The van der Waals surface area contributed by atoms with E-state index in [1.807, 2.05) is 13.0 Å². The van der Waals surface area contributed by atoms with Gasteiger partial charge in [-0.3, -0.25) is 9.59 Å². The Balaban J connectivity index is 1.68. The van der Waals surface area contributed by atoms with Gasteiger partial charge in [0.2, 0.25) is 0 Å². The van der Waals surface area contributed by atoms with Crippen LogP contribution in [0.5, 0.6) is 11.5 Å². The Morgan fingerprint density at radius 3 is 2.39 bits per heavy atom. The second-order valence-electron chi connectivity index (χ2n) is 7.17. The van der Waals surface area contributed by atoms with E-state index in [2.05, 4.69) is 5.32 Å². The van der Waals surface area contributed by atoms with E-state index in [1.54, 1.807) is 55.5 Å². The number of amides is 2. The van der Waals surface area contributed by atoms with E-state index in [4.69, 9.17) is 14.2 Å². The van der Waals surface area contributed by atoms with Gasteiger partial charge in [-0.2, -0.15) is 0 Å². The van der Waals surface area contributed by atoms with E-state index in [-0.39, 0.29) is 29.6 Å². The molecule has 0 atom stereocenters. The van der Waals surface area contributed by atoms with Crippen LogP contribution in [0, 0.1) is 0 Å². The summed E-state index contributed by atoms with van der Waals surface area (Å²) in [6.45, 7) is 3.83. The molecule has 0 spiro atoms. The van der Waals surface area contributed by atoms with Crippen LogP contribution in [0.3, 0.4) is 0 Å². The fraction of sp³-hybridized carbons (Fsp3) is 0.240. The normalized spacial score (nSPS) is 14.5. The van der Waals surface area contributed by atoms with Gasteiger partial charge in [-0.15, -0.1) is 0 Å². The predicted octanol–water partition coefficient (Wildman–Crippen LogP) is 3.41. The number of hydrogen-bond acceptors (Lipinski definition) is 6. The lowest BCUT2D eigenvalue weighted by molar-refractivity contribution is -0.136. The van der Waals surface area contributed by atoms with Gasteiger partial charge in [0.25, 0.3) is 11.8 Å². The molecule has 0 saturated heterocycles. The number of rotatable bonds is 8. The van der Waals surface area contributed by atoms with E-state index in [9.17, 15) is 14.4 Å². The Labute approximate surface area is 192 Å². The maximum atomic E-state index is 12.8. The molecule has 0 radical (unpaired) electrons. The van der Waals surface area contributed by atoms with Gasteiger partial charge in [0.1, 0.15) is 11.5 Å². The van der Waals surface area contributed by atoms with Crippen LogP contribution in [0.25, 0.3) is 6.08 Å². The number of anilines is 1. The highest BCUT2D eigenvalue weighted by atomic mass is 16.5. The van der Waals surface area contributed by atoms with Crippen molar-refractivity contribution in [2.45, 2.75) is 13.8 Å². The molecule has 3 rings (SSSR count). The van der Waals surface area contributed by atoms with Crippen molar-refractivity contribution in [1.82, 2.24) is 4.90 Å². The monoisotopic (exact) mass is 450 g/mol. The van der Waals surface area contributed by atoms with E-state index < -0.39 is 5.97 Å². The van der Waals surface area contributed by atoms with Crippen LogP contribution in [0.1, 0.15) is 19.4 Å². The van der Waals surface area contributed by atoms with Crippen LogP contribution in [0.4, 0.5) is 5.69 Å². The topological polar surface area (TPSA) is 94.2 Å². The van der Waals surface area contributed by atoms with Crippen molar-refractivity contribution in [3.05, 3.63) is 70.9 Å². The van der Waals surface area contributed by atoms with Gasteiger partial charge in [-0.05, 0) is 49.8 Å². The molecule has 172 valence electrons. The second-order valence-corrected chi connectivity index (χ2v) is 7.17. The molecule has 8 nitrogen and oxygen atoms in total. The van der Waals surface area contributed by atoms with Crippen LogP contribution in [-0.4, -0.2) is 50.1 Å². The molecule has 0 fully saturated rings. The van der Waals surface area contributed by atoms with Crippen molar-refractivity contribution >= 4 is 29.5 Å². The number of allylic oxidation sites excluding steroid dienone is 1. The third-order valence-corrected chi connectivity index (χ3v) is 5.16. The molecule has 33 heavy (non-hydrogen) atoms. The number of para-hydroxylation sites is 2. The SMILES string of the molecule is CCN1C(=O)/C(=C\c2ccc(OCC(=O)Nc3ccccc3OC)cc2)C(C(=O)OC)=C1C. The third-order valence-electron chi connectivity index (χ3n) is 5.16. The first-order chi connectivity index (χ1) is 15.9. The zero-order valence-electron chi connectivity index (χ0n) is 19.0. The Morgan fingerprint density at radius 2 is 1.76 bits per heavy atom. The van der Waals surface area contributed by atoms with E-state index in [0.29, 0.717) is 35.0 Å². The Hall–Kier alpha value is -4.07. The number of methoxy groups -OCH3 is 2. The fourth-order valence-corrected chi connectivity index (χ4v) is 3.52. The van der Waals surface area contributed by atoms with Crippen molar-refractivity contribution < 1.29 is 28.6 Å². The zero-order chi connectivity index (χ0) is 24.0. The lowest BCUT2D eigenvalue weighted by Crippen LogP contribution is -2.24. The number of carbonyl (C=O) groups is 3. The summed E-state index contributed by atoms with van der Waals surface area (Å²) in [5.74, 6) is -0.0832. The van der Waals surface area contributed by atoms with Crippen molar-refractivity contribution in [2.24, 2.45) is 0 Å². The van der Waals surface area contributed by atoms with Crippen LogP contribution in [0.15, 0.2) is 65.4 Å². The minimum atomic E-state index is -0.552. The third kappa shape index (κ3) is 5.23. The summed E-state index contributed by atoms with van der Waals surface area (Å²) in [4.78, 5) is 38.7. The van der Waals surface area contributed by atoms with Crippen LogP contribution < -0.4 is 14.8 Å². The largest absolute Gasteiger partial charge is 0.495 e. The van der Waals surface area contributed by atoms with E-state index in [1.165, 1.54) is 19.1 Å². The molecular formula is C25H26N2O6. The minimum absolute atomic E-state index is 0.184. The highest BCUT2D eigenvalue weighted by Gasteiger charge is 2.36. The molecule has 0 aliphatic carbocycles. The van der Waals surface area contributed by atoms with E-state index in [0.717, 1.165) is 0 Å². The van der Waals surface area contributed by atoms with Crippen molar-refractivity contribution in [1.29, 1.82) is 0 Å². The van der Waals surface area contributed by atoms with Gasteiger partial charge in [-0.1, -0.05) is 24.3 Å². The molecule has 0 aromatic heterocycles. The van der Waals surface area contributed by atoms with Gasteiger partial charge in [-0.25, -0.2) is 4.79 Å². The predicted molar refractivity (Wildman–Crippen MR) is 124 cm³/mol. The molecule has 0 saturated carbocycles. The summed E-state index contributed by atoms with van der Waals surface area (Å²) in [6, 6.07) is 14.0. The van der Waals surface area contributed by atoms with Gasteiger partial charge >= 0.3 is 5.97 Å². The first-order valence-corrected chi connectivity index (χ1v) is 10.4. The fourth-order valence-electron chi connectivity index (χ4n) is 3.52. The molecule has 2 amide bonds. The number of ether oxygens (including phenoxy) is 3. The lowest BCUT2D eigenvalue weighted by Gasteiger charge is -2.14. The van der Waals surface area contributed by atoms with E-state index >= 15 is 0 Å². The average Bonchev–Trinajstić information content (AvgIpc) is 3.06. The second kappa shape index (κ2) is 10.5. The van der Waals surface area contributed by atoms with Crippen LogP contribution in [0.2, 0.25) is 0 Å². The molecule has 8 heteroatoms.